The van der Waals surface area contributed by atoms with Gasteiger partial charge in [-0.05, 0) is 64.5 Å². The van der Waals surface area contributed by atoms with Crippen LogP contribution in [0.1, 0.15) is 56.0 Å². The minimum absolute atomic E-state index is 0.0515. The van der Waals surface area contributed by atoms with Gasteiger partial charge in [-0.1, -0.05) is 0 Å². The van der Waals surface area contributed by atoms with Gasteiger partial charge in [-0.2, -0.15) is 5.10 Å². The van der Waals surface area contributed by atoms with Crippen LogP contribution in [0.5, 0.6) is 0 Å². The van der Waals surface area contributed by atoms with Gasteiger partial charge in [0.05, 0.1) is 11.7 Å². The number of nitrogens with zero attached hydrogens (tertiary/aromatic N) is 4. The lowest BCUT2D eigenvalue weighted by Crippen LogP contribution is -2.43. The zero-order valence-electron chi connectivity index (χ0n) is 17.1. The van der Waals surface area contributed by atoms with Crippen LogP contribution in [0, 0.1) is 19.8 Å². The summed E-state index contributed by atoms with van der Waals surface area (Å²) in [5.41, 5.74) is 1.81. The van der Waals surface area contributed by atoms with E-state index in [2.05, 4.69) is 15.5 Å². The Morgan fingerprint density at radius 1 is 1.07 bits per heavy atom. The van der Waals surface area contributed by atoms with Gasteiger partial charge in [-0.25, -0.2) is 9.36 Å². The fourth-order valence-corrected chi connectivity index (χ4v) is 4.39. The number of nitrogens with one attached hydrogen (secondary N) is 1. The minimum atomic E-state index is -0.0926. The fourth-order valence-electron chi connectivity index (χ4n) is 4.39. The van der Waals surface area contributed by atoms with Crippen LogP contribution < -0.4 is 10.9 Å². The Hall–Kier alpha value is -2.48. The third-order valence-electron chi connectivity index (χ3n) is 6.02. The van der Waals surface area contributed by atoms with Crippen molar-refractivity contribution < 1.29 is 9.53 Å². The van der Waals surface area contributed by atoms with Crippen LogP contribution in [-0.2, 0) is 9.53 Å². The molecule has 8 heteroatoms. The molecule has 2 aromatic heterocycles. The van der Waals surface area contributed by atoms with E-state index in [9.17, 15) is 9.59 Å². The summed E-state index contributed by atoms with van der Waals surface area (Å²) in [5.74, 6) is 0.881. The SMILES string of the molecule is Cc1cc(C)n(-c2ccc(=O)n(C3CCC(NC(=O)C4CCOCC4)CC3)n2)n1. The highest BCUT2D eigenvalue weighted by molar-refractivity contribution is 5.79. The Balaban J connectivity index is 1.40. The molecule has 0 aromatic carbocycles. The molecule has 0 spiro atoms. The fraction of sp³-hybridized carbons (Fsp3) is 0.619. The maximum atomic E-state index is 12.5. The Morgan fingerprint density at radius 2 is 1.79 bits per heavy atom. The van der Waals surface area contributed by atoms with Crippen molar-refractivity contribution in [3.05, 3.63) is 39.9 Å². The van der Waals surface area contributed by atoms with E-state index >= 15 is 0 Å². The molecule has 2 aromatic rings. The quantitative estimate of drug-likeness (QED) is 0.850. The van der Waals surface area contributed by atoms with Crippen LogP contribution in [0.2, 0.25) is 0 Å². The molecule has 29 heavy (non-hydrogen) atoms. The Labute approximate surface area is 170 Å². The summed E-state index contributed by atoms with van der Waals surface area (Å²) < 4.78 is 8.71. The molecule has 8 nitrogen and oxygen atoms in total. The van der Waals surface area contributed by atoms with Crippen molar-refractivity contribution in [2.24, 2.45) is 5.92 Å². The standard InChI is InChI=1S/C21H29N5O3/c1-14-13-15(2)25(23-14)19-7-8-20(27)26(24-19)18-5-3-17(4-6-18)22-21(28)16-9-11-29-12-10-16/h7-8,13,16-18H,3-6,9-12H2,1-2H3,(H,22,28). The van der Waals surface area contributed by atoms with Gasteiger partial charge in [0.1, 0.15) is 0 Å². The summed E-state index contributed by atoms with van der Waals surface area (Å²) in [6.07, 6.45) is 4.98. The maximum absolute atomic E-state index is 12.5. The van der Waals surface area contributed by atoms with E-state index in [1.165, 1.54) is 0 Å². The molecule has 2 fully saturated rings. The molecule has 0 atom stereocenters. The summed E-state index contributed by atoms with van der Waals surface area (Å²) >= 11 is 0. The normalized spacial score (nSPS) is 23.1. The smallest absolute Gasteiger partial charge is 0.267 e. The summed E-state index contributed by atoms with van der Waals surface area (Å²) in [5, 5.41) is 12.3. The summed E-state index contributed by atoms with van der Waals surface area (Å²) in [7, 11) is 0. The molecule has 0 radical (unpaired) electrons. The Bertz CT molecular complexity index is 921. The second-order valence-corrected chi connectivity index (χ2v) is 8.21. The van der Waals surface area contributed by atoms with Crippen LogP contribution in [0.3, 0.4) is 0 Å². The Kier molecular flexibility index (Phi) is 5.80. The molecule has 4 rings (SSSR count). The van der Waals surface area contributed by atoms with Gasteiger partial charge in [0.2, 0.25) is 5.91 Å². The minimum Gasteiger partial charge on any atom is -0.381 e. The van der Waals surface area contributed by atoms with Crippen LogP contribution in [-0.4, -0.2) is 44.7 Å². The van der Waals surface area contributed by atoms with E-state index in [4.69, 9.17) is 4.74 Å². The topological polar surface area (TPSA) is 91.0 Å². The highest BCUT2D eigenvalue weighted by Gasteiger charge is 2.28. The highest BCUT2D eigenvalue weighted by Crippen LogP contribution is 2.28. The number of ether oxygens (including phenoxy) is 1. The number of carbonyl (C=O) groups is 1. The van der Waals surface area contributed by atoms with Crippen molar-refractivity contribution in [2.75, 3.05) is 13.2 Å². The van der Waals surface area contributed by atoms with E-state index in [0.717, 1.165) is 49.9 Å². The molecule has 1 aliphatic heterocycles. The lowest BCUT2D eigenvalue weighted by Gasteiger charge is -2.31. The lowest BCUT2D eigenvalue weighted by atomic mass is 9.90. The van der Waals surface area contributed by atoms with Gasteiger partial charge in [0, 0.05) is 36.9 Å². The average molecular weight is 399 g/mol. The number of hydrogen-bond donors (Lipinski definition) is 1. The lowest BCUT2D eigenvalue weighted by molar-refractivity contribution is -0.128. The highest BCUT2D eigenvalue weighted by atomic mass is 16.5. The molecule has 156 valence electrons. The largest absolute Gasteiger partial charge is 0.381 e. The van der Waals surface area contributed by atoms with Crippen molar-refractivity contribution in [3.63, 3.8) is 0 Å². The molecular formula is C21H29N5O3. The van der Waals surface area contributed by atoms with E-state index in [0.29, 0.717) is 19.0 Å². The molecule has 1 amide bonds. The number of amides is 1. The van der Waals surface area contributed by atoms with Gasteiger partial charge >= 0.3 is 0 Å². The van der Waals surface area contributed by atoms with Gasteiger partial charge in [0.25, 0.3) is 5.56 Å². The monoisotopic (exact) mass is 399 g/mol. The number of hydrogen-bond acceptors (Lipinski definition) is 5. The molecule has 1 saturated carbocycles. The number of aryl methyl sites for hydroxylation is 2. The molecule has 3 heterocycles. The predicted octanol–water partition coefficient (Wildman–Crippen LogP) is 2.07. The van der Waals surface area contributed by atoms with Crippen molar-refractivity contribution in [1.29, 1.82) is 0 Å². The second kappa shape index (κ2) is 8.49. The van der Waals surface area contributed by atoms with Crippen LogP contribution >= 0.6 is 0 Å². The van der Waals surface area contributed by atoms with Crippen molar-refractivity contribution in [2.45, 2.75) is 64.5 Å². The van der Waals surface area contributed by atoms with E-state index in [1.807, 2.05) is 19.9 Å². The molecule has 1 saturated heterocycles. The van der Waals surface area contributed by atoms with Crippen molar-refractivity contribution in [1.82, 2.24) is 24.9 Å². The third-order valence-corrected chi connectivity index (χ3v) is 6.02. The first-order valence-electron chi connectivity index (χ1n) is 10.5. The third kappa shape index (κ3) is 4.42. The van der Waals surface area contributed by atoms with E-state index in [-0.39, 0.29) is 29.5 Å². The van der Waals surface area contributed by atoms with Gasteiger partial charge in [0.15, 0.2) is 5.82 Å². The molecule has 0 unspecified atom stereocenters. The first-order chi connectivity index (χ1) is 14.0. The van der Waals surface area contributed by atoms with E-state index < -0.39 is 0 Å². The zero-order valence-corrected chi connectivity index (χ0v) is 17.1. The molecule has 2 aliphatic rings. The number of aromatic nitrogens is 4. The summed E-state index contributed by atoms with van der Waals surface area (Å²) in [6.45, 7) is 5.26. The van der Waals surface area contributed by atoms with Crippen LogP contribution in [0.25, 0.3) is 5.82 Å². The molecule has 0 bridgehead atoms. The summed E-state index contributed by atoms with van der Waals surface area (Å²) in [6, 6.07) is 5.51. The van der Waals surface area contributed by atoms with Crippen LogP contribution in [0.15, 0.2) is 23.0 Å². The van der Waals surface area contributed by atoms with E-state index in [1.54, 1.807) is 21.5 Å². The molecule has 1 aliphatic carbocycles. The zero-order chi connectivity index (χ0) is 20.4. The number of rotatable bonds is 4. The van der Waals surface area contributed by atoms with Crippen molar-refractivity contribution in [3.8, 4) is 5.82 Å². The maximum Gasteiger partial charge on any atom is 0.267 e. The van der Waals surface area contributed by atoms with Gasteiger partial charge < -0.3 is 10.1 Å². The molecular weight excluding hydrogens is 370 g/mol. The summed E-state index contributed by atoms with van der Waals surface area (Å²) in [4.78, 5) is 24.9. The number of carbonyl (C=O) groups excluding carboxylic acids is 1. The Morgan fingerprint density at radius 3 is 2.45 bits per heavy atom. The van der Waals surface area contributed by atoms with Crippen LogP contribution in [0.4, 0.5) is 0 Å². The first-order valence-corrected chi connectivity index (χ1v) is 10.5. The van der Waals surface area contributed by atoms with Gasteiger partial charge in [-0.3, -0.25) is 9.59 Å². The average Bonchev–Trinajstić information content (AvgIpc) is 3.08. The molecule has 1 N–H and O–H groups in total. The predicted molar refractivity (Wildman–Crippen MR) is 108 cm³/mol. The van der Waals surface area contributed by atoms with Crippen molar-refractivity contribution >= 4 is 5.91 Å². The van der Waals surface area contributed by atoms with Gasteiger partial charge in [-0.15, -0.1) is 5.10 Å². The first kappa shape index (κ1) is 19.8. The second-order valence-electron chi connectivity index (χ2n) is 8.21.